The summed E-state index contributed by atoms with van der Waals surface area (Å²) in [4.78, 5) is 28.4. The highest BCUT2D eigenvalue weighted by Gasteiger charge is 2.16. The van der Waals surface area contributed by atoms with Crippen molar-refractivity contribution in [3.8, 4) is 11.5 Å². The number of fused-ring (bicyclic) bond motifs is 1. The molecule has 0 unspecified atom stereocenters. The molecule has 7 heteroatoms. The molecule has 0 saturated heterocycles. The highest BCUT2D eigenvalue weighted by Crippen LogP contribution is 2.19. The normalized spacial score (nSPS) is 10.8. The molecule has 0 aliphatic rings. The predicted octanol–water partition coefficient (Wildman–Crippen LogP) is 2.94. The van der Waals surface area contributed by atoms with Crippen molar-refractivity contribution in [1.29, 1.82) is 0 Å². The van der Waals surface area contributed by atoms with E-state index in [9.17, 15) is 9.59 Å². The van der Waals surface area contributed by atoms with Gasteiger partial charge in [0, 0.05) is 10.9 Å². The molecular weight excluding hydrogens is 334 g/mol. The fourth-order valence-corrected chi connectivity index (χ4v) is 2.56. The Labute approximate surface area is 147 Å². The topological polar surface area (TPSA) is 98.1 Å². The summed E-state index contributed by atoms with van der Waals surface area (Å²) < 4.78 is 10.7. The summed E-state index contributed by atoms with van der Waals surface area (Å²) in [7, 11) is 0. The average Bonchev–Trinajstić information content (AvgIpc) is 3.16. The fourth-order valence-electron chi connectivity index (χ4n) is 2.56. The third-order valence-corrected chi connectivity index (χ3v) is 3.81. The first kappa shape index (κ1) is 15.8. The number of rotatable bonds is 4. The highest BCUT2D eigenvalue weighted by molar-refractivity contribution is 6.01. The van der Waals surface area contributed by atoms with Crippen molar-refractivity contribution < 1.29 is 13.9 Å². The van der Waals surface area contributed by atoms with Crippen molar-refractivity contribution in [3.63, 3.8) is 0 Å². The van der Waals surface area contributed by atoms with Crippen molar-refractivity contribution in [2.75, 3.05) is 0 Å². The lowest BCUT2D eigenvalue weighted by Gasteiger charge is -2.04. The number of carbonyl (C=O) groups is 1. The molecule has 0 aliphatic heterocycles. The van der Waals surface area contributed by atoms with Gasteiger partial charge in [-0.3, -0.25) is 4.79 Å². The van der Waals surface area contributed by atoms with Gasteiger partial charge < -0.3 is 9.15 Å². The highest BCUT2D eigenvalue weighted by atomic mass is 16.5. The first-order valence-corrected chi connectivity index (χ1v) is 7.87. The monoisotopic (exact) mass is 347 g/mol. The maximum atomic E-state index is 12.4. The van der Waals surface area contributed by atoms with Gasteiger partial charge >= 0.3 is 5.97 Å². The van der Waals surface area contributed by atoms with Gasteiger partial charge in [-0.25, -0.2) is 14.9 Å². The number of oxazole rings is 1. The molecule has 26 heavy (non-hydrogen) atoms. The first-order valence-electron chi connectivity index (χ1n) is 7.87. The number of aromatic amines is 1. The lowest BCUT2D eigenvalue weighted by atomic mass is 10.1. The van der Waals surface area contributed by atoms with Crippen molar-refractivity contribution in [1.82, 2.24) is 15.2 Å². The molecule has 2 aromatic heterocycles. The van der Waals surface area contributed by atoms with Crippen LogP contribution in [0.3, 0.4) is 0 Å². The summed E-state index contributed by atoms with van der Waals surface area (Å²) in [6, 6.07) is 16.1. The van der Waals surface area contributed by atoms with Crippen LogP contribution < -0.4 is 5.56 Å². The van der Waals surface area contributed by atoms with Crippen LogP contribution in [0, 0.1) is 0 Å². The number of hydrogen-bond acceptors (Lipinski definition) is 6. The standard InChI is InChI=1S/C19H13N3O4/c23-17-15-9-5-4-8-14(15)16(21-22-17)19(24)26-11-13-10-25-18(20-13)12-6-2-1-3-7-12/h1-10H,11H2,(H,22,23). The summed E-state index contributed by atoms with van der Waals surface area (Å²) in [5.41, 5.74) is 0.998. The SMILES string of the molecule is O=C(OCc1coc(-c2ccccc2)n1)c1n[nH]c(=O)c2ccccc12. The van der Waals surface area contributed by atoms with Gasteiger partial charge in [0.05, 0.1) is 5.39 Å². The molecule has 0 saturated carbocycles. The largest absolute Gasteiger partial charge is 0.454 e. The van der Waals surface area contributed by atoms with Crippen molar-refractivity contribution in [2.24, 2.45) is 0 Å². The van der Waals surface area contributed by atoms with E-state index in [0.29, 0.717) is 22.4 Å². The van der Waals surface area contributed by atoms with Gasteiger partial charge in [0.2, 0.25) is 5.89 Å². The average molecular weight is 347 g/mol. The molecular formula is C19H13N3O4. The van der Waals surface area contributed by atoms with Gasteiger partial charge in [-0.05, 0) is 18.2 Å². The molecule has 1 N–H and O–H groups in total. The summed E-state index contributed by atoms with van der Waals surface area (Å²) in [6.07, 6.45) is 1.44. The van der Waals surface area contributed by atoms with E-state index in [4.69, 9.17) is 9.15 Å². The van der Waals surface area contributed by atoms with Gasteiger partial charge in [-0.15, -0.1) is 0 Å². The van der Waals surface area contributed by atoms with E-state index in [1.165, 1.54) is 6.26 Å². The second-order valence-corrected chi connectivity index (χ2v) is 5.53. The summed E-state index contributed by atoms with van der Waals surface area (Å²) in [5.74, 6) is -0.203. The number of esters is 1. The number of nitrogens with one attached hydrogen (secondary N) is 1. The van der Waals surface area contributed by atoms with E-state index in [1.807, 2.05) is 30.3 Å². The molecule has 0 radical (unpaired) electrons. The Morgan fingerprint density at radius 1 is 1.04 bits per heavy atom. The molecule has 0 amide bonds. The van der Waals surface area contributed by atoms with Crippen LogP contribution in [0.15, 0.2) is 70.1 Å². The molecule has 7 nitrogen and oxygen atoms in total. The lowest BCUT2D eigenvalue weighted by Crippen LogP contribution is -2.16. The Morgan fingerprint density at radius 2 is 1.77 bits per heavy atom. The van der Waals surface area contributed by atoms with Crippen molar-refractivity contribution >= 4 is 16.7 Å². The van der Waals surface area contributed by atoms with Crippen molar-refractivity contribution in [3.05, 3.63) is 82.6 Å². The molecule has 0 fully saturated rings. The number of aromatic nitrogens is 3. The minimum absolute atomic E-state index is 0.0481. The van der Waals surface area contributed by atoms with E-state index in [2.05, 4.69) is 15.2 Å². The second-order valence-electron chi connectivity index (χ2n) is 5.53. The molecule has 4 rings (SSSR count). The first-order chi connectivity index (χ1) is 12.7. The van der Waals surface area contributed by atoms with Crippen LogP contribution in [-0.4, -0.2) is 21.2 Å². The number of carbonyl (C=O) groups excluding carboxylic acids is 1. The van der Waals surface area contributed by atoms with E-state index in [1.54, 1.807) is 24.3 Å². The smallest absolute Gasteiger partial charge is 0.359 e. The molecule has 0 spiro atoms. The molecule has 0 atom stereocenters. The van der Waals surface area contributed by atoms with Crippen LogP contribution in [0.25, 0.3) is 22.2 Å². The zero-order valence-electron chi connectivity index (χ0n) is 13.5. The third-order valence-electron chi connectivity index (χ3n) is 3.81. The number of hydrogen-bond donors (Lipinski definition) is 1. The number of ether oxygens (including phenoxy) is 1. The van der Waals surface area contributed by atoms with Gasteiger partial charge in [0.15, 0.2) is 5.69 Å². The van der Waals surface area contributed by atoms with Gasteiger partial charge in [0.25, 0.3) is 5.56 Å². The van der Waals surface area contributed by atoms with Crippen LogP contribution in [0.1, 0.15) is 16.2 Å². The Morgan fingerprint density at radius 3 is 2.58 bits per heavy atom. The number of nitrogens with zero attached hydrogens (tertiary/aromatic N) is 2. The quantitative estimate of drug-likeness (QED) is 0.570. The van der Waals surface area contributed by atoms with Crippen LogP contribution in [0.4, 0.5) is 0 Å². The zero-order chi connectivity index (χ0) is 17.9. The van der Waals surface area contributed by atoms with Gasteiger partial charge in [-0.2, -0.15) is 5.10 Å². The van der Waals surface area contributed by atoms with Gasteiger partial charge in [0.1, 0.15) is 18.6 Å². The molecule has 2 aromatic carbocycles. The van der Waals surface area contributed by atoms with Crippen LogP contribution in [0.5, 0.6) is 0 Å². The molecule has 2 heterocycles. The van der Waals surface area contributed by atoms with E-state index in [0.717, 1.165) is 5.56 Å². The van der Waals surface area contributed by atoms with Crippen LogP contribution in [-0.2, 0) is 11.3 Å². The maximum Gasteiger partial charge on any atom is 0.359 e. The zero-order valence-corrected chi connectivity index (χ0v) is 13.5. The Kier molecular flexibility index (Phi) is 4.03. The minimum Gasteiger partial charge on any atom is -0.454 e. The maximum absolute atomic E-state index is 12.4. The van der Waals surface area contributed by atoms with Crippen LogP contribution in [0.2, 0.25) is 0 Å². The molecule has 0 bridgehead atoms. The van der Waals surface area contributed by atoms with Crippen molar-refractivity contribution in [2.45, 2.75) is 6.61 Å². The summed E-state index contributed by atoms with van der Waals surface area (Å²) >= 11 is 0. The predicted molar refractivity (Wildman–Crippen MR) is 93.4 cm³/mol. The second kappa shape index (κ2) is 6.64. The van der Waals surface area contributed by atoms with Gasteiger partial charge in [-0.1, -0.05) is 36.4 Å². The third kappa shape index (κ3) is 2.98. The summed E-state index contributed by atoms with van der Waals surface area (Å²) in [5, 5.41) is 6.94. The number of benzene rings is 2. The number of H-pyrrole nitrogens is 1. The van der Waals surface area contributed by atoms with E-state index >= 15 is 0 Å². The Bertz CT molecular complexity index is 1130. The molecule has 0 aliphatic carbocycles. The van der Waals surface area contributed by atoms with E-state index < -0.39 is 5.97 Å². The summed E-state index contributed by atoms with van der Waals surface area (Å²) in [6.45, 7) is -0.0652. The molecule has 128 valence electrons. The Balaban J connectivity index is 1.53. The lowest BCUT2D eigenvalue weighted by molar-refractivity contribution is 0.0462. The minimum atomic E-state index is -0.651. The van der Waals surface area contributed by atoms with Crippen LogP contribution >= 0.6 is 0 Å². The van der Waals surface area contributed by atoms with E-state index in [-0.39, 0.29) is 17.9 Å². The Hall–Kier alpha value is -3.74. The fraction of sp³-hybridized carbons (Fsp3) is 0.0526. The molecule has 4 aromatic rings.